The minimum Gasteiger partial charge on any atom is -0.456 e. The molecule has 0 spiro atoms. The lowest BCUT2D eigenvalue weighted by Crippen LogP contribution is -2.30. The molecule has 2 aromatic heterocycles. The van der Waals surface area contributed by atoms with Gasteiger partial charge in [-0.05, 0) is 42.9 Å². The van der Waals surface area contributed by atoms with Crippen LogP contribution in [0.5, 0.6) is 0 Å². The average Bonchev–Trinajstić information content (AvgIpc) is 3.45. The van der Waals surface area contributed by atoms with Crippen molar-refractivity contribution in [3.8, 4) is 17.1 Å². The second-order valence-corrected chi connectivity index (χ2v) is 10.3. The van der Waals surface area contributed by atoms with Crippen LogP contribution < -0.4 is 4.57 Å². The van der Waals surface area contributed by atoms with Crippen molar-refractivity contribution in [3.05, 3.63) is 83.7 Å². The number of imidazole rings is 1. The van der Waals surface area contributed by atoms with Crippen LogP contribution in [0.15, 0.2) is 71.4 Å². The van der Waals surface area contributed by atoms with Gasteiger partial charge in [0.25, 0.3) is 5.82 Å². The van der Waals surface area contributed by atoms with Gasteiger partial charge in [-0.15, -0.1) is 0 Å². The van der Waals surface area contributed by atoms with Crippen molar-refractivity contribution in [1.29, 1.82) is 0 Å². The van der Waals surface area contributed by atoms with E-state index in [1.165, 1.54) is 44.5 Å². The Morgan fingerprint density at radius 3 is 2.48 bits per heavy atom. The van der Waals surface area contributed by atoms with Gasteiger partial charge in [0, 0.05) is 27.5 Å². The quantitative estimate of drug-likeness (QED) is 0.265. The van der Waals surface area contributed by atoms with E-state index in [4.69, 9.17) is 4.42 Å². The summed E-state index contributed by atoms with van der Waals surface area (Å²) in [6.45, 7) is 10.2. The molecule has 3 aromatic carbocycles. The number of fused-ring (bicyclic) bond motifs is 6. The molecule has 0 saturated heterocycles. The SMILES string of the molecule is CC(C)Cc1cc2c(oc3ccccc32)c(CC(C)C)c1-n1cc[n+]2c1-c1ccccc1C2. The third-order valence-electron chi connectivity index (χ3n) is 6.79. The summed E-state index contributed by atoms with van der Waals surface area (Å²) in [5.41, 5.74) is 8.80. The summed E-state index contributed by atoms with van der Waals surface area (Å²) in [6, 6.07) is 19.7. The molecule has 0 fully saturated rings. The Morgan fingerprint density at radius 1 is 0.909 bits per heavy atom. The number of para-hydroxylation sites is 1. The van der Waals surface area contributed by atoms with E-state index in [0.29, 0.717) is 11.8 Å². The normalized spacial score (nSPS) is 12.9. The van der Waals surface area contributed by atoms with Crippen molar-refractivity contribution in [3.63, 3.8) is 0 Å². The first kappa shape index (κ1) is 20.3. The van der Waals surface area contributed by atoms with Gasteiger partial charge < -0.3 is 4.42 Å². The topological polar surface area (TPSA) is 21.9 Å². The monoisotopic (exact) mass is 435 g/mol. The summed E-state index contributed by atoms with van der Waals surface area (Å²) in [5.74, 6) is 2.36. The Labute approximate surface area is 195 Å². The van der Waals surface area contributed by atoms with Gasteiger partial charge in [-0.1, -0.05) is 64.1 Å². The smallest absolute Gasteiger partial charge is 0.294 e. The van der Waals surface area contributed by atoms with Crippen LogP contribution in [0.25, 0.3) is 39.0 Å². The maximum absolute atomic E-state index is 6.55. The predicted octanol–water partition coefficient (Wildman–Crippen LogP) is 7.09. The highest BCUT2D eigenvalue weighted by Crippen LogP contribution is 2.40. The Balaban J connectivity index is 1.71. The molecule has 0 N–H and O–H groups in total. The average molecular weight is 436 g/mol. The molecular weight excluding hydrogens is 404 g/mol. The van der Waals surface area contributed by atoms with Crippen molar-refractivity contribution < 1.29 is 8.98 Å². The van der Waals surface area contributed by atoms with Crippen LogP contribution in [0.4, 0.5) is 0 Å². The molecule has 0 bridgehead atoms. The minimum atomic E-state index is 0.526. The molecular formula is C30H31N2O+. The number of aromatic nitrogens is 2. The predicted molar refractivity (Wildman–Crippen MR) is 135 cm³/mol. The van der Waals surface area contributed by atoms with Crippen molar-refractivity contribution in [2.24, 2.45) is 11.8 Å². The highest BCUT2D eigenvalue weighted by molar-refractivity contribution is 6.07. The zero-order valence-corrected chi connectivity index (χ0v) is 19.9. The fraction of sp³-hybridized carbons (Fsp3) is 0.300. The lowest BCUT2D eigenvalue weighted by Gasteiger charge is -2.17. The Hall–Kier alpha value is -3.33. The summed E-state index contributed by atoms with van der Waals surface area (Å²) in [7, 11) is 0. The van der Waals surface area contributed by atoms with Gasteiger partial charge >= 0.3 is 0 Å². The van der Waals surface area contributed by atoms with Gasteiger partial charge in [0.2, 0.25) is 0 Å². The Morgan fingerprint density at radius 2 is 1.67 bits per heavy atom. The second kappa shape index (κ2) is 7.62. The number of hydrogen-bond acceptors (Lipinski definition) is 1. The summed E-state index contributed by atoms with van der Waals surface area (Å²) in [4.78, 5) is 0. The molecule has 3 heteroatoms. The molecule has 5 aromatic rings. The molecule has 0 saturated carbocycles. The van der Waals surface area contributed by atoms with Crippen molar-refractivity contribution >= 4 is 21.9 Å². The van der Waals surface area contributed by atoms with Gasteiger partial charge in [-0.25, -0.2) is 4.57 Å². The van der Waals surface area contributed by atoms with E-state index >= 15 is 0 Å². The molecule has 0 amide bonds. The number of furan rings is 1. The third-order valence-corrected chi connectivity index (χ3v) is 6.79. The molecule has 0 atom stereocenters. The van der Waals surface area contributed by atoms with Crippen LogP contribution in [0, 0.1) is 11.8 Å². The molecule has 33 heavy (non-hydrogen) atoms. The summed E-state index contributed by atoms with van der Waals surface area (Å²) < 4.78 is 11.4. The van der Waals surface area contributed by atoms with Crippen LogP contribution in [-0.2, 0) is 19.4 Å². The van der Waals surface area contributed by atoms with E-state index in [1.807, 2.05) is 0 Å². The molecule has 0 aliphatic carbocycles. The molecule has 166 valence electrons. The molecule has 3 heterocycles. The molecule has 0 radical (unpaired) electrons. The maximum atomic E-state index is 6.55. The highest BCUT2D eigenvalue weighted by atomic mass is 16.3. The van der Waals surface area contributed by atoms with Crippen LogP contribution in [0.2, 0.25) is 0 Å². The van der Waals surface area contributed by atoms with Gasteiger partial charge in [0.05, 0.1) is 5.56 Å². The number of nitrogens with zero attached hydrogens (tertiary/aromatic N) is 2. The van der Waals surface area contributed by atoms with Crippen molar-refractivity contribution in [2.75, 3.05) is 0 Å². The van der Waals surface area contributed by atoms with Gasteiger partial charge in [-0.3, -0.25) is 0 Å². The Kier molecular flexibility index (Phi) is 4.69. The highest BCUT2D eigenvalue weighted by Gasteiger charge is 2.33. The first-order chi connectivity index (χ1) is 16.0. The fourth-order valence-corrected chi connectivity index (χ4v) is 5.55. The van der Waals surface area contributed by atoms with E-state index in [1.54, 1.807) is 0 Å². The van der Waals surface area contributed by atoms with Crippen LogP contribution >= 0.6 is 0 Å². The van der Waals surface area contributed by atoms with Crippen LogP contribution in [-0.4, -0.2) is 4.57 Å². The molecule has 0 unspecified atom stereocenters. The van der Waals surface area contributed by atoms with E-state index in [9.17, 15) is 0 Å². The van der Waals surface area contributed by atoms with Crippen LogP contribution in [0.1, 0.15) is 44.4 Å². The summed E-state index contributed by atoms with van der Waals surface area (Å²) >= 11 is 0. The van der Waals surface area contributed by atoms with E-state index < -0.39 is 0 Å². The zero-order valence-electron chi connectivity index (χ0n) is 19.9. The molecule has 3 nitrogen and oxygen atoms in total. The largest absolute Gasteiger partial charge is 0.456 e. The molecule has 6 rings (SSSR count). The molecule has 1 aliphatic heterocycles. The zero-order chi connectivity index (χ0) is 22.7. The van der Waals surface area contributed by atoms with E-state index in [0.717, 1.165) is 30.6 Å². The van der Waals surface area contributed by atoms with Crippen molar-refractivity contribution in [1.82, 2.24) is 4.57 Å². The lowest BCUT2D eigenvalue weighted by molar-refractivity contribution is -0.671. The van der Waals surface area contributed by atoms with Gasteiger partial charge in [0.15, 0.2) is 0 Å². The summed E-state index contributed by atoms with van der Waals surface area (Å²) in [6.07, 6.45) is 6.51. The second-order valence-electron chi connectivity index (χ2n) is 10.3. The van der Waals surface area contributed by atoms with E-state index in [2.05, 4.69) is 104 Å². The molecule has 1 aliphatic rings. The Bertz CT molecular complexity index is 1500. The maximum Gasteiger partial charge on any atom is 0.294 e. The number of hydrogen-bond donors (Lipinski definition) is 0. The fourth-order valence-electron chi connectivity index (χ4n) is 5.55. The number of benzene rings is 3. The van der Waals surface area contributed by atoms with Gasteiger partial charge in [0.1, 0.15) is 35.8 Å². The van der Waals surface area contributed by atoms with Gasteiger partial charge in [-0.2, -0.15) is 4.57 Å². The number of rotatable bonds is 5. The third kappa shape index (κ3) is 3.21. The first-order valence-electron chi connectivity index (χ1n) is 12.2. The first-order valence-corrected chi connectivity index (χ1v) is 12.2. The standard InChI is InChI=1S/C30H31N2O/c1-19(2)15-22-17-25-24-11-7-8-12-27(24)33-29(25)26(16-20(3)4)28(22)32-14-13-31-18-21-9-5-6-10-23(21)30(31)32/h5-14,17,19-20H,15-16,18H2,1-4H3/q+1. The minimum absolute atomic E-state index is 0.526. The summed E-state index contributed by atoms with van der Waals surface area (Å²) in [5, 5.41) is 2.46. The van der Waals surface area contributed by atoms with E-state index in [-0.39, 0.29) is 0 Å². The van der Waals surface area contributed by atoms with Crippen LogP contribution in [0.3, 0.4) is 0 Å². The van der Waals surface area contributed by atoms with Crippen molar-refractivity contribution in [2.45, 2.75) is 47.1 Å². The lowest BCUT2D eigenvalue weighted by atomic mass is 9.91.